The lowest BCUT2D eigenvalue weighted by atomic mass is 10.1. The van der Waals surface area contributed by atoms with Gasteiger partial charge in [0.15, 0.2) is 0 Å². The van der Waals surface area contributed by atoms with Crippen LogP contribution in [-0.4, -0.2) is 56.5 Å². The first kappa shape index (κ1) is 15.1. The molecule has 3 heterocycles. The predicted octanol–water partition coefficient (Wildman–Crippen LogP) is 1.30. The zero-order chi connectivity index (χ0) is 15.9. The summed E-state index contributed by atoms with van der Waals surface area (Å²) < 4.78 is 17.3. The normalized spacial score (nSPS) is 31.6. The van der Waals surface area contributed by atoms with Crippen LogP contribution in [0.5, 0.6) is 0 Å². The second-order valence-electron chi connectivity index (χ2n) is 6.30. The Morgan fingerprint density at radius 3 is 2.78 bits per heavy atom. The van der Waals surface area contributed by atoms with Crippen molar-refractivity contribution in [1.82, 2.24) is 4.90 Å². The summed E-state index contributed by atoms with van der Waals surface area (Å²) in [5.41, 5.74) is 1.71. The van der Waals surface area contributed by atoms with E-state index in [2.05, 4.69) is 4.90 Å². The number of rotatable bonds is 2. The number of benzene rings is 1. The second-order valence-corrected chi connectivity index (χ2v) is 6.30. The second kappa shape index (κ2) is 5.87. The number of hydrogen-bond donors (Lipinski definition) is 0. The van der Waals surface area contributed by atoms with Gasteiger partial charge in [-0.05, 0) is 19.4 Å². The van der Waals surface area contributed by atoms with Crippen molar-refractivity contribution in [3.63, 3.8) is 0 Å². The Morgan fingerprint density at radius 2 is 2.00 bits per heavy atom. The summed E-state index contributed by atoms with van der Waals surface area (Å²) in [4.78, 5) is 17.2. The fourth-order valence-electron chi connectivity index (χ4n) is 3.47. The number of amides is 1. The van der Waals surface area contributed by atoms with E-state index in [1.165, 1.54) is 0 Å². The molecule has 0 aliphatic carbocycles. The molecule has 1 amide bonds. The molecule has 2 atom stereocenters. The van der Waals surface area contributed by atoms with E-state index in [0.29, 0.717) is 26.5 Å². The standard InChI is InChI=1S/C17H22N2O4/c1-13-6-9-22-17(23-13)14-4-2-3-5-15(14)19(16(17)20)12-18-7-10-21-11-8-18/h2-5,13H,6-12H2,1H3/t13-,17+/m1/s1. The average molecular weight is 318 g/mol. The van der Waals surface area contributed by atoms with E-state index in [1.54, 1.807) is 4.90 Å². The molecule has 3 aliphatic rings. The highest BCUT2D eigenvalue weighted by molar-refractivity contribution is 6.06. The highest BCUT2D eigenvalue weighted by Gasteiger charge is 2.56. The number of para-hydroxylation sites is 1. The maximum Gasteiger partial charge on any atom is 0.293 e. The van der Waals surface area contributed by atoms with Crippen LogP contribution in [0.25, 0.3) is 0 Å². The number of morpholine rings is 1. The molecule has 4 rings (SSSR count). The van der Waals surface area contributed by atoms with Crippen molar-refractivity contribution in [2.45, 2.75) is 25.2 Å². The molecule has 3 aliphatic heterocycles. The van der Waals surface area contributed by atoms with Crippen LogP contribution in [0.2, 0.25) is 0 Å². The van der Waals surface area contributed by atoms with Gasteiger partial charge in [-0.3, -0.25) is 14.6 Å². The molecular weight excluding hydrogens is 296 g/mol. The van der Waals surface area contributed by atoms with E-state index in [-0.39, 0.29) is 12.0 Å². The third-order valence-corrected chi connectivity index (χ3v) is 4.72. The zero-order valence-corrected chi connectivity index (χ0v) is 13.4. The predicted molar refractivity (Wildman–Crippen MR) is 84.0 cm³/mol. The van der Waals surface area contributed by atoms with E-state index >= 15 is 0 Å². The quantitative estimate of drug-likeness (QED) is 0.823. The van der Waals surface area contributed by atoms with Gasteiger partial charge in [-0.2, -0.15) is 0 Å². The number of ether oxygens (including phenoxy) is 3. The summed E-state index contributed by atoms with van der Waals surface area (Å²) >= 11 is 0. The van der Waals surface area contributed by atoms with Crippen LogP contribution < -0.4 is 4.90 Å². The van der Waals surface area contributed by atoms with Gasteiger partial charge in [0, 0.05) is 18.7 Å². The van der Waals surface area contributed by atoms with Gasteiger partial charge in [0.2, 0.25) is 0 Å². The van der Waals surface area contributed by atoms with Gasteiger partial charge >= 0.3 is 0 Å². The molecule has 0 radical (unpaired) electrons. The largest absolute Gasteiger partial charge is 0.379 e. The van der Waals surface area contributed by atoms with Crippen molar-refractivity contribution in [2.24, 2.45) is 0 Å². The summed E-state index contributed by atoms with van der Waals surface area (Å²) in [5.74, 6) is -1.38. The fourth-order valence-corrected chi connectivity index (χ4v) is 3.47. The van der Waals surface area contributed by atoms with Crippen molar-refractivity contribution in [3.8, 4) is 0 Å². The van der Waals surface area contributed by atoms with Crippen LogP contribution in [0.15, 0.2) is 24.3 Å². The number of anilines is 1. The molecule has 6 heteroatoms. The van der Waals surface area contributed by atoms with Crippen LogP contribution in [0.1, 0.15) is 18.9 Å². The minimum Gasteiger partial charge on any atom is -0.379 e. The summed E-state index contributed by atoms with van der Waals surface area (Å²) in [6, 6.07) is 7.78. The van der Waals surface area contributed by atoms with Crippen molar-refractivity contribution < 1.29 is 19.0 Å². The van der Waals surface area contributed by atoms with Gasteiger partial charge in [0.25, 0.3) is 11.7 Å². The van der Waals surface area contributed by atoms with Crippen LogP contribution in [-0.2, 0) is 24.8 Å². The minimum atomic E-state index is -1.26. The number of nitrogens with zero attached hydrogens (tertiary/aromatic N) is 2. The number of fused-ring (bicyclic) bond motifs is 2. The highest BCUT2D eigenvalue weighted by atomic mass is 16.7. The monoisotopic (exact) mass is 318 g/mol. The molecule has 124 valence electrons. The van der Waals surface area contributed by atoms with E-state index < -0.39 is 5.79 Å². The molecular formula is C17H22N2O4. The van der Waals surface area contributed by atoms with E-state index in [4.69, 9.17) is 14.2 Å². The minimum absolute atomic E-state index is 0.00379. The van der Waals surface area contributed by atoms with Crippen LogP contribution in [0, 0.1) is 0 Å². The third-order valence-electron chi connectivity index (χ3n) is 4.72. The molecule has 6 nitrogen and oxygen atoms in total. The van der Waals surface area contributed by atoms with Crippen molar-refractivity contribution in [3.05, 3.63) is 29.8 Å². The number of carbonyl (C=O) groups excluding carboxylic acids is 1. The Labute approximate surface area is 135 Å². The molecule has 0 unspecified atom stereocenters. The van der Waals surface area contributed by atoms with E-state index in [1.807, 2.05) is 31.2 Å². The lowest BCUT2D eigenvalue weighted by Gasteiger charge is -2.37. The average Bonchev–Trinajstić information content (AvgIpc) is 2.79. The highest BCUT2D eigenvalue weighted by Crippen LogP contribution is 2.46. The summed E-state index contributed by atoms with van der Waals surface area (Å²) in [6.07, 6.45) is 0.810. The first-order valence-corrected chi connectivity index (χ1v) is 8.24. The smallest absolute Gasteiger partial charge is 0.293 e. The van der Waals surface area contributed by atoms with Crippen molar-refractivity contribution in [2.75, 3.05) is 44.5 Å². The first-order valence-electron chi connectivity index (χ1n) is 8.24. The Kier molecular flexibility index (Phi) is 3.85. The molecule has 1 aromatic rings. The van der Waals surface area contributed by atoms with Crippen LogP contribution >= 0.6 is 0 Å². The van der Waals surface area contributed by atoms with Crippen molar-refractivity contribution in [1.29, 1.82) is 0 Å². The molecule has 2 fully saturated rings. The first-order chi connectivity index (χ1) is 11.2. The molecule has 0 N–H and O–H groups in total. The van der Waals surface area contributed by atoms with Gasteiger partial charge < -0.3 is 14.2 Å². The maximum absolute atomic E-state index is 13.2. The Morgan fingerprint density at radius 1 is 1.22 bits per heavy atom. The molecule has 0 aromatic heterocycles. The number of hydrogen-bond acceptors (Lipinski definition) is 5. The van der Waals surface area contributed by atoms with Gasteiger partial charge in [-0.15, -0.1) is 0 Å². The number of carbonyl (C=O) groups is 1. The molecule has 2 saturated heterocycles. The lowest BCUT2D eigenvalue weighted by Crippen LogP contribution is -2.52. The summed E-state index contributed by atoms with van der Waals surface area (Å²) in [6.45, 7) is 6.14. The molecule has 1 aromatic carbocycles. The molecule has 0 bridgehead atoms. The van der Waals surface area contributed by atoms with Crippen LogP contribution in [0.3, 0.4) is 0 Å². The summed E-state index contributed by atoms with van der Waals surface area (Å²) in [7, 11) is 0. The van der Waals surface area contributed by atoms with Crippen LogP contribution in [0.4, 0.5) is 5.69 Å². The maximum atomic E-state index is 13.2. The lowest BCUT2D eigenvalue weighted by molar-refractivity contribution is -0.277. The Hall–Kier alpha value is -1.47. The Balaban J connectivity index is 1.67. The molecule has 23 heavy (non-hydrogen) atoms. The van der Waals surface area contributed by atoms with E-state index in [0.717, 1.165) is 30.8 Å². The SMILES string of the molecule is C[C@@H]1CCO[C@@]2(O1)C(=O)N(CN1CCOCC1)c1ccccc12. The Bertz CT molecular complexity index is 602. The molecule has 1 spiro atoms. The van der Waals surface area contributed by atoms with E-state index in [9.17, 15) is 4.79 Å². The molecule has 0 saturated carbocycles. The van der Waals surface area contributed by atoms with Crippen molar-refractivity contribution >= 4 is 11.6 Å². The third kappa shape index (κ3) is 2.46. The summed E-state index contributed by atoms with van der Waals surface area (Å²) in [5, 5.41) is 0. The topological polar surface area (TPSA) is 51.2 Å². The fraction of sp³-hybridized carbons (Fsp3) is 0.588. The van der Waals surface area contributed by atoms with Gasteiger partial charge in [-0.25, -0.2) is 0 Å². The van der Waals surface area contributed by atoms with Gasteiger partial charge in [-0.1, -0.05) is 18.2 Å². The zero-order valence-electron chi connectivity index (χ0n) is 13.4. The van der Waals surface area contributed by atoms with Gasteiger partial charge in [0.1, 0.15) is 0 Å². The van der Waals surface area contributed by atoms with Gasteiger partial charge in [0.05, 0.1) is 38.3 Å².